The van der Waals surface area contributed by atoms with Crippen LogP contribution in [-0.2, 0) is 6.54 Å². The molecule has 4 rings (SSSR count). The van der Waals surface area contributed by atoms with Crippen LogP contribution in [0.5, 0.6) is 0 Å². The molecule has 0 radical (unpaired) electrons. The number of nitrogens with zero attached hydrogens (tertiary/aromatic N) is 1. The SMILES string of the molecule is O=C1c2ccccc2-c2c1c1ccccc1c(=O)n2C[C@H](O)[C@@H](O)[C@@H](O)CO. The molecule has 2 aromatic carbocycles. The van der Waals surface area contributed by atoms with Gasteiger partial charge in [-0.2, -0.15) is 0 Å². The summed E-state index contributed by atoms with van der Waals surface area (Å²) in [6, 6.07) is 13.7. The molecule has 0 unspecified atom stereocenters. The Hall–Kier alpha value is -2.84. The number of pyridine rings is 1. The Morgan fingerprint density at radius 2 is 1.43 bits per heavy atom. The molecule has 1 heterocycles. The molecule has 0 bridgehead atoms. The van der Waals surface area contributed by atoms with Crippen LogP contribution in [0.2, 0.25) is 0 Å². The molecule has 0 saturated heterocycles. The standard InChI is InChI=1S/C21H19NO6/c23-10-16(25)20(27)15(24)9-22-18-12-6-2-3-7-13(12)19(26)17(18)11-5-1-4-8-14(11)21(22)28/h1-8,15-16,20,23-25,27H,9-10H2/t15-,16-,20+/m0/s1. The number of aromatic nitrogens is 1. The fourth-order valence-electron chi connectivity index (χ4n) is 3.76. The van der Waals surface area contributed by atoms with E-state index in [1.807, 2.05) is 0 Å². The fourth-order valence-corrected chi connectivity index (χ4v) is 3.76. The second-order valence-corrected chi connectivity index (χ2v) is 6.87. The highest BCUT2D eigenvalue weighted by Crippen LogP contribution is 2.39. The van der Waals surface area contributed by atoms with Crippen molar-refractivity contribution in [3.05, 3.63) is 70.0 Å². The molecule has 1 aromatic heterocycles. The quantitative estimate of drug-likeness (QED) is 0.394. The molecule has 4 N–H and O–H groups in total. The third-order valence-corrected chi connectivity index (χ3v) is 5.18. The average molecular weight is 381 g/mol. The van der Waals surface area contributed by atoms with Gasteiger partial charge in [0.1, 0.15) is 18.3 Å². The summed E-state index contributed by atoms with van der Waals surface area (Å²) in [6.45, 7) is -1.07. The first-order chi connectivity index (χ1) is 13.5. The maximum Gasteiger partial charge on any atom is 0.259 e. The molecule has 7 nitrogen and oxygen atoms in total. The van der Waals surface area contributed by atoms with Gasteiger partial charge in [-0.15, -0.1) is 0 Å². The van der Waals surface area contributed by atoms with Gasteiger partial charge in [0.2, 0.25) is 0 Å². The molecule has 0 amide bonds. The van der Waals surface area contributed by atoms with Gasteiger partial charge in [0.15, 0.2) is 5.78 Å². The lowest BCUT2D eigenvalue weighted by Gasteiger charge is -2.24. The Labute approximate surface area is 159 Å². The summed E-state index contributed by atoms with van der Waals surface area (Å²) in [5.41, 5.74) is 1.39. The molecule has 0 aliphatic heterocycles. The van der Waals surface area contributed by atoms with E-state index in [2.05, 4.69) is 0 Å². The van der Waals surface area contributed by atoms with Crippen LogP contribution in [0.3, 0.4) is 0 Å². The minimum absolute atomic E-state index is 0.207. The summed E-state index contributed by atoms with van der Waals surface area (Å²) < 4.78 is 1.26. The maximum absolute atomic E-state index is 13.1. The Balaban J connectivity index is 1.97. The van der Waals surface area contributed by atoms with Crippen LogP contribution < -0.4 is 5.56 Å². The lowest BCUT2D eigenvalue weighted by molar-refractivity contribution is -0.0806. The lowest BCUT2D eigenvalue weighted by atomic mass is 10.0. The summed E-state index contributed by atoms with van der Waals surface area (Å²) in [5.74, 6) is -0.207. The number of hydrogen-bond donors (Lipinski definition) is 4. The Morgan fingerprint density at radius 1 is 0.821 bits per heavy atom. The van der Waals surface area contributed by atoms with Gasteiger partial charge in [0, 0.05) is 21.9 Å². The second kappa shape index (κ2) is 6.96. The molecule has 0 saturated carbocycles. The van der Waals surface area contributed by atoms with Gasteiger partial charge in [-0.3, -0.25) is 9.59 Å². The van der Waals surface area contributed by atoms with Crippen LogP contribution in [-0.4, -0.2) is 55.7 Å². The summed E-state index contributed by atoms with van der Waals surface area (Å²) in [4.78, 5) is 26.2. The van der Waals surface area contributed by atoms with E-state index in [4.69, 9.17) is 5.11 Å². The zero-order chi connectivity index (χ0) is 20.0. The van der Waals surface area contributed by atoms with E-state index in [1.54, 1.807) is 48.5 Å². The summed E-state index contributed by atoms with van der Waals surface area (Å²) in [6.07, 6.45) is -4.72. The molecule has 7 heteroatoms. The highest BCUT2D eigenvalue weighted by molar-refractivity contribution is 6.26. The smallest absolute Gasteiger partial charge is 0.259 e. The first-order valence-corrected chi connectivity index (χ1v) is 8.90. The highest BCUT2D eigenvalue weighted by atomic mass is 16.4. The van der Waals surface area contributed by atoms with E-state index in [1.165, 1.54) is 4.57 Å². The largest absolute Gasteiger partial charge is 0.394 e. The number of benzene rings is 2. The average Bonchev–Trinajstić information content (AvgIpc) is 3.02. The van der Waals surface area contributed by atoms with Crippen LogP contribution in [0.15, 0.2) is 53.3 Å². The van der Waals surface area contributed by atoms with Gasteiger partial charge in [-0.05, 0) is 6.07 Å². The summed E-state index contributed by atoms with van der Waals surface area (Å²) in [7, 11) is 0. The Morgan fingerprint density at radius 3 is 2.11 bits per heavy atom. The van der Waals surface area contributed by atoms with Crippen molar-refractivity contribution in [3.8, 4) is 11.3 Å². The maximum atomic E-state index is 13.1. The van der Waals surface area contributed by atoms with Crippen molar-refractivity contribution < 1.29 is 25.2 Å². The van der Waals surface area contributed by atoms with Crippen LogP contribution in [0.1, 0.15) is 15.9 Å². The van der Waals surface area contributed by atoms with Crippen molar-refractivity contribution in [2.75, 3.05) is 6.61 Å². The minimum atomic E-state index is -1.65. The van der Waals surface area contributed by atoms with Gasteiger partial charge in [-0.25, -0.2) is 0 Å². The fraction of sp³-hybridized carbons (Fsp3) is 0.238. The molecule has 144 valence electrons. The number of ketones is 1. The van der Waals surface area contributed by atoms with Gasteiger partial charge < -0.3 is 25.0 Å². The van der Waals surface area contributed by atoms with Crippen molar-refractivity contribution in [3.63, 3.8) is 0 Å². The highest BCUT2D eigenvalue weighted by Gasteiger charge is 2.34. The molecule has 3 aromatic rings. The van der Waals surface area contributed by atoms with Gasteiger partial charge >= 0.3 is 0 Å². The van der Waals surface area contributed by atoms with Gasteiger partial charge in [0.05, 0.1) is 24.4 Å². The van der Waals surface area contributed by atoms with E-state index in [0.717, 1.165) is 0 Å². The van der Waals surface area contributed by atoms with Crippen molar-refractivity contribution in [1.82, 2.24) is 4.57 Å². The molecule has 3 atom stereocenters. The van der Waals surface area contributed by atoms with E-state index in [-0.39, 0.29) is 12.3 Å². The van der Waals surface area contributed by atoms with E-state index >= 15 is 0 Å². The normalized spacial score (nSPS) is 15.9. The first-order valence-electron chi connectivity index (χ1n) is 8.90. The Kier molecular flexibility index (Phi) is 4.60. The third kappa shape index (κ3) is 2.68. The second-order valence-electron chi connectivity index (χ2n) is 6.87. The van der Waals surface area contributed by atoms with Crippen LogP contribution >= 0.6 is 0 Å². The number of hydrogen-bond acceptors (Lipinski definition) is 6. The Bertz CT molecular complexity index is 1140. The molecule has 1 aliphatic rings. The predicted molar refractivity (Wildman–Crippen MR) is 102 cm³/mol. The number of rotatable bonds is 5. The zero-order valence-electron chi connectivity index (χ0n) is 14.8. The van der Waals surface area contributed by atoms with Crippen molar-refractivity contribution >= 4 is 16.6 Å². The van der Waals surface area contributed by atoms with Crippen molar-refractivity contribution in [2.45, 2.75) is 24.9 Å². The minimum Gasteiger partial charge on any atom is -0.394 e. The van der Waals surface area contributed by atoms with Crippen LogP contribution in [0, 0.1) is 0 Å². The predicted octanol–water partition coefficient (Wildman–Crippen LogP) is 0.288. The van der Waals surface area contributed by atoms with Gasteiger partial charge in [0.25, 0.3) is 5.56 Å². The number of carbonyl (C=O) groups excluding carboxylic acids is 1. The summed E-state index contributed by atoms with van der Waals surface area (Å²) in [5, 5.41) is 39.8. The van der Waals surface area contributed by atoms with Gasteiger partial charge in [-0.1, -0.05) is 42.5 Å². The topological polar surface area (TPSA) is 120 Å². The number of carbonyl (C=O) groups is 1. The number of aliphatic hydroxyl groups is 4. The van der Waals surface area contributed by atoms with E-state index in [9.17, 15) is 24.9 Å². The molecule has 0 fully saturated rings. The number of aliphatic hydroxyl groups excluding tert-OH is 4. The monoisotopic (exact) mass is 381 g/mol. The molecule has 0 spiro atoms. The number of fused-ring (bicyclic) bond motifs is 5. The van der Waals surface area contributed by atoms with Crippen LogP contribution in [0.4, 0.5) is 0 Å². The lowest BCUT2D eigenvalue weighted by Crippen LogP contribution is -2.43. The molecular formula is C21H19NO6. The van der Waals surface area contributed by atoms with E-state index in [0.29, 0.717) is 33.2 Å². The van der Waals surface area contributed by atoms with Crippen molar-refractivity contribution in [2.24, 2.45) is 0 Å². The zero-order valence-corrected chi connectivity index (χ0v) is 14.8. The van der Waals surface area contributed by atoms with Crippen LogP contribution in [0.25, 0.3) is 22.0 Å². The van der Waals surface area contributed by atoms with Crippen molar-refractivity contribution in [1.29, 1.82) is 0 Å². The first kappa shape index (κ1) is 18.5. The van der Waals surface area contributed by atoms with E-state index < -0.39 is 30.5 Å². The molecule has 28 heavy (non-hydrogen) atoms. The summed E-state index contributed by atoms with van der Waals surface area (Å²) >= 11 is 0. The third-order valence-electron chi connectivity index (χ3n) is 5.18. The molecular weight excluding hydrogens is 362 g/mol. The molecule has 1 aliphatic carbocycles.